The molecule has 134 valence electrons. The van der Waals surface area contributed by atoms with Crippen molar-refractivity contribution in [2.24, 2.45) is 5.10 Å². The zero-order chi connectivity index (χ0) is 19.1. The Balaban J connectivity index is 2.07. The van der Waals surface area contributed by atoms with Crippen molar-refractivity contribution in [3.05, 3.63) is 59.2 Å². The Hall–Kier alpha value is -3.85. The molecule has 0 spiro atoms. The maximum Gasteiger partial charge on any atom is 0.271 e. The Morgan fingerprint density at radius 1 is 1.04 bits per heavy atom. The molecule has 2 rings (SSSR count). The Morgan fingerprint density at radius 3 is 2.54 bits per heavy atom. The summed E-state index contributed by atoms with van der Waals surface area (Å²) in [4.78, 5) is 23.0. The second-order valence-corrected chi connectivity index (χ2v) is 5.01. The molecule has 0 bridgehead atoms. The number of benzene rings is 2. The third-order valence-corrected chi connectivity index (χ3v) is 3.22. The first-order chi connectivity index (χ1) is 12.4. The van der Waals surface area contributed by atoms with Crippen LogP contribution in [0.1, 0.15) is 21.5 Å². The van der Waals surface area contributed by atoms with Gasteiger partial charge in [-0.2, -0.15) is 5.10 Å². The van der Waals surface area contributed by atoms with Gasteiger partial charge < -0.3 is 15.3 Å². The van der Waals surface area contributed by atoms with E-state index in [2.05, 4.69) is 10.5 Å². The summed E-state index contributed by atoms with van der Waals surface area (Å²) in [7, 11) is 0. The average molecular weight is 357 g/mol. The van der Waals surface area contributed by atoms with E-state index in [1.165, 1.54) is 29.8 Å². The molecule has 0 fully saturated rings. The second kappa shape index (κ2) is 8.31. The number of hydrazone groups is 1. The highest BCUT2D eigenvalue weighted by Gasteiger charge is 2.09. The molecule has 0 unspecified atom stereocenters. The number of phenols is 3. The van der Waals surface area contributed by atoms with E-state index in [1.807, 2.05) is 0 Å². The normalized spacial score (nSPS) is 11.0. The van der Waals surface area contributed by atoms with Gasteiger partial charge in [0.05, 0.1) is 6.21 Å². The molecule has 0 radical (unpaired) electrons. The van der Waals surface area contributed by atoms with E-state index < -0.39 is 29.1 Å². The van der Waals surface area contributed by atoms with E-state index >= 15 is 0 Å². The van der Waals surface area contributed by atoms with E-state index in [0.717, 1.165) is 18.4 Å². The fraction of sp³-hybridized carbons (Fsp3) is 0. The van der Waals surface area contributed by atoms with Gasteiger partial charge in [0.1, 0.15) is 0 Å². The van der Waals surface area contributed by atoms with Crippen LogP contribution in [0.4, 0.5) is 0 Å². The molecule has 2 aromatic rings. The van der Waals surface area contributed by atoms with Crippen LogP contribution in [0, 0.1) is 0 Å². The van der Waals surface area contributed by atoms with E-state index in [-0.39, 0.29) is 11.1 Å². The number of aromatic hydroxyl groups is 3. The lowest BCUT2D eigenvalue weighted by Gasteiger charge is -2.04. The minimum atomic E-state index is -0.707. The number of amides is 2. The van der Waals surface area contributed by atoms with Gasteiger partial charge in [-0.15, -0.1) is 0 Å². The van der Waals surface area contributed by atoms with E-state index in [4.69, 9.17) is 5.21 Å². The van der Waals surface area contributed by atoms with Crippen molar-refractivity contribution in [2.75, 3.05) is 0 Å². The molecular formula is C17H15N3O6. The number of nitrogens with zero attached hydrogens (tertiary/aromatic N) is 1. The number of nitrogens with one attached hydrogen (secondary N) is 2. The molecule has 9 nitrogen and oxygen atoms in total. The molecule has 0 heterocycles. The van der Waals surface area contributed by atoms with Gasteiger partial charge in [0.15, 0.2) is 11.5 Å². The Kier molecular flexibility index (Phi) is 5.91. The minimum absolute atomic E-state index is 0.0901. The van der Waals surface area contributed by atoms with Gasteiger partial charge in [0.2, 0.25) is 5.75 Å². The number of carbonyl (C=O) groups excluding carboxylic acids is 2. The number of carbonyl (C=O) groups is 2. The monoisotopic (exact) mass is 357 g/mol. The largest absolute Gasteiger partial charge is 0.504 e. The van der Waals surface area contributed by atoms with Crippen molar-refractivity contribution in [3.8, 4) is 17.2 Å². The minimum Gasteiger partial charge on any atom is -0.504 e. The third-order valence-electron chi connectivity index (χ3n) is 3.22. The summed E-state index contributed by atoms with van der Waals surface area (Å²) in [5.74, 6) is -3.00. The first kappa shape index (κ1) is 18.5. The number of hydrogen-bond donors (Lipinski definition) is 6. The Labute approximate surface area is 147 Å². The van der Waals surface area contributed by atoms with Crippen LogP contribution < -0.4 is 10.9 Å². The summed E-state index contributed by atoms with van der Waals surface area (Å²) in [6, 6.07) is 8.74. The van der Waals surface area contributed by atoms with Gasteiger partial charge in [-0.05, 0) is 35.9 Å². The van der Waals surface area contributed by atoms with Crippen molar-refractivity contribution >= 4 is 24.1 Å². The Morgan fingerprint density at radius 2 is 1.81 bits per heavy atom. The maximum absolute atomic E-state index is 12.1. The first-order valence-electron chi connectivity index (χ1n) is 7.22. The molecule has 2 amide bonds. The van der Waals surface area contributed by atoms with Crippen molar-refractivity contribution in [1.29, 1.82) is 0 Å². The van der Waals surface area contributed by atoms with Crippen molar-refractivity contribution in [1.82, 2.24) is 10.9 Å². The predicted octanol–water partition coefficient (Wildman–Crippen LogP) is 1.09. The van der Waals surface area contributed by atoms with Crippen molar-refractivity contribution < 1.29 is 30.1 Å². The number of phenolic OH excluding ortho intramolecular Hbond substituents is 3. The van der Waals surface area contributed by atoms with Crippen LogP contribution in [0.25, 0.3) is 6.08 Å². The van der Waals surface area contributed by atoms with Crippen LogP contribution in [-0.4, -0.2) is 38.6 Å². The predicted molar refractivity (Wildman–Crippen MR) is 91.9 cm³/mol. The summed E-state index contributed by atoms with van der Waals surface area (Å²) in [5.41, 5.74) is 4.59. The lowest BCUT2D eigenvalue weighted by molar-refractivity contribution is -0.124. The second-order valence-electron chi connectivity index (χ2n) is 5.01. The highest BCUT2D eigenvalue weighted by atomic mass is 16.5. The smallest absolute Gasteiger partial charge is 0.271 e. The van der Waals surface area contributed by atoms with E-state index in [0.29, 0.717) is 5.56 Å². The van der Waals surface area contributed by atoms with E-state index in [1.54, 1.807) is 12.1 Å². The topological polar surface area (TPSA) is 151 Å². The molecule has 0 saturated heterocycles. The molecular weight excluding hydrogens is 342 g/mol. The highest BCUT2D eigenvalue weighted by molar-refractivity contribution is 5.96. The number of rotatable bonds is 5. The third kappa shape index (κ3) is 4.58. The zero-order valence-corrected chi connectivity index (χ0v) is 13.2. The quantitative estimate of drug-likeness (QED) is 0.155. The van der Waals surface area contributed by atoms with Gasteiger partial charge in [0, 0.05) is 17.2 Å². The molecule has 0 aliphatic rings. The van der Waals surface area contributed by atoms with Gasteiger partial charge in [-0.25, -0.2) is 10.9 Å². The molecule has 0 atom stereocenters. The molecule has 0 aromatic heterocycles. The summed E-state index contributed by atoms with van der Waals surface area (Å²) < 4.78 is 0. The number of hydroxylamine groups is 1. The van der Waals surface area contributed by atoms with Gasteiger partial charge in [0.25, 0.3) is 11.8 Å². The maximum atomic E-state index is 12.1. The molecule has 6 N–H and O–H groups in total. The lowest BCUT2D eigenvalue weighted by Crippen LogP contribution is -2.17. The first-order valence-corrected chi connectivity index (χ1v) is 7.22. The van der Waals surface area contributed by atoms with Crippen LogP contribution in [0.2, 0.25) is 0 Å². The summed E-state index contributed by atoms with van der Waals surface area (Å²) in [6.45, 7) is 0. The van der Waals surface area contributed by atoms with Crippen LogP contribution in [0.15, 0.2) is 47.6 Å². The van der Waals surface area contributed by atoms with Crippen LogP contribution in [-0.2, 0) is 4.79 Å². The molecule has 26 heavy (non-hydrogen) atoms. The molecule has 0 aliphatic carbocycles. The van der Waals surface area contributed by atoms with Crippen LogP contribution in [0.3, 0.4) is 0 Å². The summed E-state index contributed by atoms with van der Waals surface area (Å²) >= 11 is 0. The summed E-state index contributed by atoms with van der Waals surface area (Å²) in [6.07, 6.45) is 3.60. The highest BCUT2D eigenvalue weighted by Crippen LogP contribution is 2.36. The lowest BCUT2D eigenvalue weighted by atomic mass is 10.1. The van der Waals surface area contributed by atoms with Crippen molar-refractivity contribution in [2.45, 2.75) is 0 Å². The molecule has 0 aliphatic heterocycles. The van der Waals surface area contributed by atoms with Gasteiger partial charge in [-0.3, -0.25) is 14.8 Å². The summed E-state index contributed by atoms with van der Waals surface area (Å²) in [5, 5.41) is 40.4. The standard InChI is InChI=1S/C17H15N3O6/c21-13-6-5-12(15(23)16(13)24)9-18-19-17(25)11-3-1-2-10(8-11)4-7-14(22)20-26/h1-9,21,23-24,26H,(H,19,25)(H,20,22)/b7-4+,18-9+. The average Bonchev–Trinajstić information content (AvgIpc) is 2.66. The molecule has 0 saturated carbocycles. The van der Waals surface area contributed by atoms with Crippen molar-refractivity contribution in [3.63, 3.8) is 0 Å². The van der Waals surface area contributed by atoms with Crippen LogP contribution >= 0.6 is 0 Å². The van der Waals surface area contributed by atoms with Crippen LogP contribution in [0.5, 0.6) is 17.2 Å². The zero-order valence-electron chi connectivity index (χ0n) is 13.2. The molecule has 2 aromatic carbocycles. The molecule has 9 heteroatoms. The van der Waals surface area contributed by atoms with Gasteiger partial charge in [-0.1, -0.05) is 12.1 Å². The number of hydrogen-bond acceptors (Lipinski definition) is 7. The van der Waals surface area contributed by atoms with Gasteiger partial charge >= 0.3 is 0 Å². The van der Waals surface area contributed by atoms with E-state index in [9.17, 15) is 24.9 Å². The fourth-order valence-corrected chi connectivity index (χ4v) is 1.91. The fourth-order valence-electron chi connectivity index (χ4n) is 1.91. The SMILES string of the molecule is O=C(/C=C/c1cccc(C(=O)N/N=C/c2ccc(O)c(O)c2O)c1)NO. The Bertz CT molecular complexity index is 892.